The number of carbonyl (C=O) groups is 2. The van der Waals surface area contributed by atoms with E-state index in [0.717, 1.165) is 24.9 Å². The summed E-state index contributed by atoms with van der Waals surface area (Å²) in [4.78, 5) is 28.7. The van der Waals surface area contributed by atoms with E-state index in [4.69, 9.17) is 4.74 Å². The SMILES string of the molecule is COc1cccc(N2C[C@H](NC(=O)N3[C@@H](C)CCC[C@@H]3C)CC2=O)c1. The van der Waals surface area contributed by atoms with Gasteiger partial charge in [-0.3, -0.25) is 4.79 Å². The lowest BCUT2D eigenvalue weighted by Crippen LogP contribution is -2.54. The summed E-state index contributed by atoms with van der Waals surface area (Å²) in [5, 5.41) is 3.06. The summed E-state index contributed by atoms with van der Waals surface area (Å²) in [5.74, 6) is 0.743. The third-order valence-electron chi connectivity index (χ3n) is 5.25. The van der Waals surface area contributed by atoms with E-state index in [0.29, 0.717) is 18.7 Å². The van der Waals surface area contributed by atoms with E-state index in [1.54, 1.807) is 12.0 Å². The molecule has 1 N–H and O–H groups in total. The lowest BCUT2D eigenvalue weighted by Gasteiger charge is -2.39. The van der Waals surface area contributed by atoms with Crippen LogP contribution in [0.1, 0.15) is 39.5 Å². The van der Waals surface area contributed by atoms with Gasteiger partial charge in [0.1, 0.15) is 5.75 Å². The minimum atomic E-state index is -0.160. The van der Waals surface area contributed by atoms with Gasteiger partial charge in [-0.15, -0.1) is 0 Å². The number of nitrogens with zero attached hydrogens (tertiary/aromatic N) is 2. The van der Waals surface area contributed by atoms with Crippen LogP contribution in [0.5, 0.6) is 5.75 Å². The summed E-state index contributed by atoms with van der Waals surface area (Å²) in [6.45, 7) is 4.68. The fourth-order valence-corrected chi connectivity index (χ4v) is 3.90. The van der Waals surface area contributed by atoms with Crippen LogP contribution in [0, 0.1) is 0 Å². The number of urea groups is 1. The van der Waals surface area contributed by atoms with Crippen molar-refractivity contribution in [2.75, 3.05) is 18.6 Å². The van der Waals surface area contributed by atoms with Gasteiger partial charge in [-0.2, -0.15) is 0 Å². The molecule has 3 amide bonds. The number of rotatable bonds is 3. The third-order valence-corrected chi connectivity index (χ3v) is 5.25. The second-order valence-electron chi connectivity index (χ2n) is 7.09. The number of piperidine rings is 1. The van der Waals surface area contributed by atoms with Crippen molar-refractivity contribution in [2.45, 2.75) is 57.7 Å². The van der Waals surface area contributed by atoms with Gasteiger partial charge in [-0.05, 0) is 45.2 Å². The van der Waals surface area contributed by atoms with Crippen LogP contribution < -0.4 is 15.0 Å². The van der Waals surface area contributed by atoms with E-state index in [-0.39, 0.29) is 30.1 Å². The number of benzene rings is 1. The molecule has 0 aliphatic carbocycles. The molecule has 2 aliphatic rings. The van der Waals surface area contributed by atoms with E-state index in [1.807, 2.05) is 29.2 Å². The molecule has 6 nitrogen and oxygen atoms in total. The van der Waals surface area contributed by atoms with Gasteiger partial charge in [0.15, 0.2) is 0 Å². The summed E-state index contributed by atoms with van der Waals surface area (Å²) in [7, 11) is 1.61. The van der Waals surface area contributed by atoms with Crippen LogP contribution in [-0.2, 0) is 4.79 Å². The number of carbonyl (C=O) groups excluding carboxylic acids is 2. The summed E-state index contributed by atoms with van der Waals surface area (Å²) in [5.41, 5.74) is 0.806. The molecule has 136 valence electrons. The Balaban J connectivity index is 1.65. The monoisotopic (exact) mass is 345 g/mol. The van der Waals surface area contributed by atoms with Gasteiger partial charge in [0, 0.05) is 36.8 Å². The van der Waals surface area contributed by atoms with Crippen molar-refractivity contribution in [3.8, 4) is 5.75 Å². The zero-order valence-corrected chi connectivity index (χ0v) is 15.2. The highest BCUT2D eigenvalue weighted by atomic mass is 16.5. The summed E-state index contributed by atoms with van der Waals surface area (Å²) >= 11 is 0. The van der Waals surface area contributed by atoms with Crippen LogP contribution in [0.15, 0.2) is 24.3 Å². The fraction of sp³-hybridized carbons (Fsp3) is 0.579. The van der Waals surface area contributed by atoms with E-state index in [1.165, 1.54) is 0 Å². The van der Waals surface area contributed by atoms with Crippen molar-refractivity contribution in [1.29, 1.82) is 0 Å². The molecule has 6 heteroatoms. The molecule has 0 aromatic heterocycles. The second-order valence-corrected chi connectivity index (χ2v) is 7.09. The van der Waals surface area contributed by atoms with Crippen molar-refractivity contribution < 1.29 is 14.3 Å². The van der Waals surface area contributed by atoms with Gasteiger partial charge in [0.25, 0.3) is 0 Å². The number of ether oxygens (including phenoxy) is 1. The second kappa shape index (κ2) is 7.33. The van der Waals surface area contributed by atoms with Crippen molar-refractivity contribution >= 4 is 17.6 Å². The standard InChI is InChI=1S/C19H27N3O3/c1-13-6-4-7-14(2)22(13)19(24)20-15-10-18(23)21(12-15)16-8-5-9-17(11-16)25-3/h5,8-9,11,13-15H,4,6-7,10,12H2,1-3H3,(H,20,24)/t13-,14-,15+/m0/s1. The first kappa shape index (κ1) is 17.6. The van der Waals surface area contributed by atoms with E-state index >= 15 is 0 Å². The lowest BCUT2D eigenvalue weighted by molar-refractivity contribution is -0.117. The highest BCUT2D eigenvalue weighted by molar-refractivity contribution is 5.97. The first-order chi connectivity index (χ1) is 12.0. The van der Waals surface area contributed by atoms with Crippen molar-refractivity contribution in [1.82, 2.24) is 10.2 Å². The minimum Gasteiger partial charge on any atom is -0.497 e. The van der Waals surface area contributed by atoms with Crippen LogP contribution in [0.4, 0.5) is 10.5 Å². The van der Waals surface area contributed by atoms with Crippen LogP contribution in [0.2, 0.25) is 0 Å². The van der Waals surface area contributed by atoms with E-state index in [2.05, 4.69) is 19.2 Å². The molecule has 3 rings (SSSR count). The first-order valence-electron chi connectivity index (χ1n) is 9.03. The number of methoxy groups -OCH3 is 1. The average Bonchev–Trinajstić information content (AvgIpc) is 2.95. The molecule has 1 aromatic carbocycles. The van der Waals surface area contributed by atoms with Gasteiger partial charge in [-0.25, -0.2) is 4.79 Å². The molecule has 25 heavy (non-hydrogen) atoms. The van der Waals surface area contributed by atoms with E-state index in [9.17, 15) is 9.59 Å². The molecular weight excluding hydrogens is 318 g/mol. The number of likely N-dealkylation sites (tertiary alicyclic amines) is 1. The molecule has 0 radical (unpaired) electrons. The summed E-state index contributed by atoms with van der Waals surface area (Å²) in [6, 6.07) is 7.73. The van der Waals surface area contributed by atoms with Gasteiger partial charge >= 0.3 is 6.03 Å². The topological polar surface area (TPSA) is 61.9 Å². The Morgan fingerprint density at radius 1 is 1.24 bits per heavy atom. The maximum Gasteiger partial charge on any atom is 0.318 e. The van der Waals surface area contributed by atoms with Crippen LogP contribution in [0.3, 0.4) is 0 Å². The maximum atomic E-state index is 12.7. The highest BCUT2D eigenvalue weighted by Gasteiger charge is 2.35. The van der Waals surface area contributed by atoms with E-state index < -0.39 is 0 Å². The van der Waals surface area contributed by atoms with Crippen molar-refractivity contribution in [3.63, 3.8) is 0 Å². The Hall–Kier alpha value is -2.24. The lowest BCUT2D eigenvalue weighted by atomic mass is 9.98. The van der Waals surface area contributed by atoms with Crippen LogP contribution >= 0.6 is 0 Å². The van der Waals surface area contributed by atoms with Gasteiger partial charge in [0.05, 0.1) is 13.2 Å². The third kappa shape index (κ3) is 3.72. The van der Waals surface area contributed by atoms with Crippen molar-refractivity contribution in [3.05, 3.63) is 24.3 Å². The molecule has 2 heterocycles. The number of hydrogen-bond acceptors (Lipinski definition) is 3. The minimum absolute atomic E-state index is 0.0262. The molecule has 1 aromatic rings. The van der Waals surface area contributed by atoms with Crippen LogP contribution in [-0.4, -0.2) is 48.6 Å². The largest absolute Gasteiger partial charge is 0.497 e. The highest BCUT2D eigenvalue weighted by Crippen LogP contribution is 2.26. The Kier molecular flexibility index (Phi) is 5.16. The molecule has 2 fully saturated rings. The molecule has 0 spiro atoms. The molecule has 0 bridgehead atoms. The quantitative estimate of drug-likeness (QED) is 0.916. The zero-order chi connectivity index (χ0) is 18.0. The first-order valence-corrected chi connectivity index (χ1v) is 9.03. The van der Waals surface area contributed by atoms with Gasteiger partial charge in [0.2, 0.25) is 5.91 Å². The smallest absolute Gasteiger partial charge is 0.318 e. The van der Waals surface area contributed by atoms with Gasteiger partial charge < -0.3 is 19.9 Å². The predicted octanol–water partition coefficient (Wildman–Crippen LogP) is 2.77. The molecule has 0 unspecified atom stereocenters. The normalized spacial score (nSPS) is 26.7. The number of amides is 3. The molecule has 2 saturated heterocycles. The number of nitrogens with one attached hydrogen (secondary N) is 1. The van der Waals surface area contributed by atoms with Crippen molar-refractivity contribution in [2.24, 2.45) is 0 Å². The number of anilines is 1. The number of hydrogen-bond donors (Lipinski definition) is 1. The Morgan fingerprint density at radius 3 is 2.64 bits per heavy atom. The maximum absolute atomic E-state index is 12.7. The molecular formula is C19H27N3O3. The summed E-state index contributed by atoms with van der Waals surface area (Å²) in [6.07, 6.45) is 3.58. The zero-order valence-electron chi connectivity index (χ0n) is 15.2. The fourth-order valence-electron chi connectivity index (χ4n) is 3.90. The average molecular weight is 345 g/mol. The Morgan fingerprint density at radius 2 is 1.96 bits per heavy atom. The predicted molar refractivity (Wildman–Crippen MR) is 96.9 cm³/mol. The molecule has 2 aliphatic heterocycles. The van der Waals surface area contributed by atoms with Gasteiger partial charge in [-0.1, -0.05) is 6.07 Å². The summed E-state index contributed by atoms with van der Waals surface area (Å²) < 4.78 is 5.23. The Labute approximate surface area is 149 Å². The van der Waals surface area contributed by atoms with Crippen LogP contribution in [0.25, 0.3) is 0 Å². The Bertz CT molecular complexity index is 639. The molecule has 3 atom stereocenters. The molecule has 0 saturated carbocycles.